The number of hydrogen-bond acceptors (Lipinski definition) is 3. The van der Waals surface area contributed by atoms with Crippen LogP contribution in [0.5, 0.6) is 0 Å². The van der Waals surface area contributed by atoms with Crippen molar-refractivity contribution in [1.29, 1.82) is 0 Å². The molecule has 1 aromatic heterocycles. The van der Waals surface area contributed by atoms with Gasteiger partial charge in [-0.2, -0.15) is 0 Å². The van der Waals surface area contributed by atoms with Crippen LogP contribution in [0, 0.1) is 11.6 Å². The van der Waals surface area contributed by atoms with Gasteiger partial charge in [0.1, 0.15) is 17.2 Å². The second kappa shape index (κ2) is 6.89. The third-order valence-corrected chi connectivity index (χ3v) is 5.82. The summed E-state index contributed by atoms with van der Waals surface area (Å²) in [7, 11) is 0. The number of benzene rings is 2. The highest BCUT2D eigenvalue weighted by Crippen LogP contribution is 2.39. The van der Waals surface area contributed by atoms with Crippen LogP contribution in [0.2, 0.25) is 0 Å². The topological polar surface area (TPSA) is 42.0 Å². The molecule has 1 aliphatic carbocycles. The molecular weight excluding hydrogens is 422 g/mol. The number of hydrogen-bond donors (Lipinski definition) is 1. The number of fused-ring (bicyclic) bond motifs is 3. The fraction of sp³-hybridized carbons (Fsp3) is 0.158. The van der Waals surface area contributed by atoms with Crippen LogP contribution in [0.25, 0.3) is 10.4 Å². The van der Waals surface area contributed by atoms with E-state index in [9.17, 15) is 13.6 Å². The van der Waals surface area contributed by atoms with Gasteiger partial charge >= 0.3 is 0 Å². The predicted octanol–water partition coefficient (Wildman–Crippen LogP) is 5.59. The maximum atomic E-state index is 13.8. The first kappa shape index (κ1) is 17.3. The van der Waals surface area contributed by atoms with Crippen LogP contribution in [-0.4, -0.2) is 10.9 Å². The zero-order chi connectivity index (χ0) is 18.3. The van der Waals surface area contributed by atoms with E-state index in [-0.39, 0.29) is 0 Å². The first-order valence-electron chi connectivity index (χ1n) is 8.07. The number of aromatic nitrogens is 1. The van der Waals surface area contributed by atoms with E-state index in [0.29, 0.717) is 5.13 Å². The van der Waals surface area contributed by atoms with Crippen LogP contribution in [0.1, 0.15) is 28.0 Å². The molecule has 1 amide bonds. The summed E-state index contributed by atoms with van der Waals surface area (Å²) in [6.07, 6.45) is 2.71. The number of nitrogens with one attached hydrogen (secondary N) is 1. The SMILES string of the molecule is O=C(Nc1nc2c(s1)-c1ccc(Br)cc1CCC2)c1c(F)cccc1F. The minimum atomic E-state index is -0.893. The third-order valence-electron chi connectivity index (χ3n) is 4.28. The highest BCUT2D eigenvalue weighted by atomic mass is 79.9. The zero-order valence-electron chi connectivity index (χ0n) is 13.5. The highest BCUT2D eigenvalue weighted by molar-refractivity contribution is 9.10. The molecule has 0 saturated carbocycles. The molecule has 1 heterocycles. The van der Waals surface area contributed by atoms with Crippen molar-refractivity contribution >= 4 is 38.3 Å². The minimum absolute atomic E-state index is 0.346. The molecule has 0 unspecified atom stereocenters. The third kappa shape index (κ3) is 3.17. The summed E-state index contributed by atoms with van der Waals surface area (Å²) in [6.45, 7) is 0. The Labute approximate surface area is 161 Å². The molecule has 0 bridgehead atoms. The number of carbonyl (C=O) groups is 1. The van der Waals surface area contributed by atoms with Crippen LogP contribution in [0.15, 0.2) is 40.9 Å². The van der Waals surface area contributed by atoms with E-state index >= 15 is 0 Å². The lowest BCUT2D eigenvalue weighted by atomic mass is 10.0. The van der Waals surface area contributed by atoms with E-state index < -0.39 is 23.1 Å². The van der Waals surface area contributed by atoms with E-state index in [2.05, 4.69) is 32.3 Å². The first-order valence-corrected chi connectivity index (χ1v) is 9.68. The molecule has 0 atom stereocenters. The van der Waals surface area contributed by atoms with Gasteiger partial charge in [-0.25, -0.2) is 13.8 Å². The van der Waals surface area contributed by atoms with E-state index in [1.165, 1.54) is 23.0 Å². The van der Waals surface area contributed by atoms with Crippen molar-refractivity contribution in [3.05, 3.63) is 69.3 Å². The Morgan fingerprint density at radius 1 is 1.15 bits per heavy atom. The van der Waals surface area contributed by atoms with E-state index in [1.54, 1.807) is 0 Å². The van der Waals surface area contributed by atoms with Gasteiger partial charge in [0, 0.05) is 4.47 Å². The maximum absolute atomic E-state index is 13.8. The number of thiazole rings is 1. The van der Waals surface area contributed by atoms with E-state index in [4.69, 9.17) is 0 Å². The monoisotopic (exact) mass is 434 g/mol. The summed E-state index contributed by atoms with van der Waals surface area (Å²) in [5.74, 6) is -2.62. The van der Waals surface area contributed by atoms with Gasteiger partial charge in [0.2, 0.25) is 0 Å². The molecule has 0 aliphatic heterocycles. The molecule has 132 valence electrons. The molecule has 2 aromatic carbocycles. The summed E-state index contributed by atoms with van der Waals surface area (Å²) in [5, 5.41) is 2.88. The van der Waals surface area contributed by atoms with Gasteiger partial charge in [-0.15, -0.1) is 0 Å². The lowest BCUT2D eigenvalue weighted by molar-refractivity contribution is 0.101. The lowest BCUT2D eigenvalue weighted by Crippen LogP contribution is -2.15. The number of carbonyl (C=O) groups excluding carboxylic acids is 1. The summed E-state index contributed by atoms with van der Waals surface area (Å²) in [4.78, 5) is 17.8. The van der Waals surface area contributed by atoms with Crippen molar-refractivity contribution in [3.8, 4) is 10.4 Å². The number of anilines is 1. The van der Waals surface area contributed by atoms with Crippen LogP contribution < -0.4 is 5.32 Å². The smallest absolute Gasteiger partial charge is 0.263 e. The normalized spacial score (nSPS) is 12.9. The Kier molecular flexibility index (Phi) is 4.58. The molecule has 1 aliphatic rings. The Bertz CT molecular complexity index is 999. The highest BCUT2D eigenvalue weighted by Gasteiger charge is 2.22. The predicted molar refractivity (Wildman–Crippen MR) is 102 cm³/mol. The van der Waals surface area contributed by atoms with Gasteiger partial charge in [0.25, 0.3) is 5.91 Å². The molecule has 3 nitrogen and oxygen atoms in total. The van der Waals surface area contributed by atoms with Crippen molar-refractivity contribution in [2.45, 2.75) is 19.3 Å². The van der Waals surface area contributed by atoms with Crippen molar-refractivity contribution in [2.75, 3.05) is 5.32 Å². The fourth-order valence-corrected chi connectivity index (χ4v) is 4.57. The molecule has 26 heavy (non-hydrogen) atoms. The van der Waals surface area contributed by atoms with Crippen molar-refractivity contribution < 1.29 is 13.6 Å². The number of halogens is 3. The molecule has 3 aromatic rings. The summed E-state index contributed by atoms with van der Waals surface area (Å²) < 4.78 is 28.6. The maximum Gasteiger partial charge on any atom is 0.263 e. The second-order valence-electron chi connectivity index (χ2n) is 6.00. The fourth-order valence-electron chi connectivity index (χ4n) is 3.10. The van der Waals surface area contributed by atoms with Crippen LogP contribution in [0.4, 0.5) is 13.9 Å². The van der Waals surface area contributed by atoms with Gasteiger partial charge in [-0.05, 0) is 54.7 Å². The average Bonchev–Trinajstić information content (AvgIpc) is 2.89. The van der Waals surface area contributed by atoms with Crippen molar-refractivity contribution in [1.82, 2.24) is 4.98 Å². The summed E-state index contributed by atoms with van der Waals surface area (Å²) >= 11 is 4.82. The molecule has 4 rings (SSSR count). The van der Waals surface area contributed by atoms with Crippen LogP contribution >= 0.6 is 27.3 Å². The number of nitrogens with zero attached hydrogens (tertiary/aromatic N) is 1. The Hall–Kier alpha value is -2.12. The van der Waals surface area contributed by atoms with Gasteiger partial charge in [-0.1, -0.05) is 39.4 Å². The standard InChI is InChI=1S/C19H13BrF2N2OS/c20-11-7-8-12-10(9-11)3-1-6-15-17(12)26-19(23-15)24-18(25)16-13(21)4-2-5-14(16)22/h2,4-5,7-9H,1,3,6H2,(H,23,24,25). The second-order valence-corrected chi connectivity index (χ2v) is 7.92. The van der Waals surface area contributed by atoms with Crippen LogP contribution in [0.3, 0.4) is 0 Å². The van der Waals surface area contributed by atoms with Gasteiger partial charge < -0.3 is 0 Å². The number of rotatable bonds is 2. The quantitative estimate of drug-likeness (QED) is 0.570. The van der Waals surface area contributed by atoms with Gasteiger partial charge in [0.15, 0.2) is 5.13 Å². The molecule has 0 spiro atoms. The van der Waals surface area contributed by atoms with Crippen molar-refractivity contribution in [3.63, 3.8) is 0 Å². The number of aryl methyl sites for hydroxylation is 2. The minimum Gasteiger partial charge on any atom is -0.298 e. The molecular formula is C19H13BrF2N2OS. The van der Waals surface area contributed by atoms with Crippen molar-refractivity contribution in [2.24, 2.45) is 0 Å². The van der Waals surface area contributed by atoms with Gasteiger partial charge in [-0.3, -0.25) is 10.1 Å². The van der Waals surface area contributed by atoms with E-state index in [1.807, 2.05) is 12.1 Å². The Morgan fingerprint density at radius 3 is 2.69 bits per heavy atom. The summed E-state index contributed by atoms with van der Waals surface area (Å²) in [5.41, 5.74) is 2.62. The summed E-state index contributed by atoms with van der Waals surface area (Å²) in [6, 6.07) is 9.44. The molecule has 0 saturated heterocycles. The average molecular weight is 435 g/mol. The lowest BCUT2D eigenvalue weighted by Gasteiger charge is -2.06. The van der Waals surface area contributed by atoms with Crippen LogP contribution in [-0.2, 0) is 12.8 Å². The molecule has 0 fully saturated rings. The number of amides is 1. The Balaban J connectivity index is 1.68. The molecule has 7 heteroatoms. The molecule has 1 N–H and O–H groups in total. The van der Waals surface area contributed by atoms with E-state index in [0.717, 1.165) is 52.0 Å². The molecule has 0 radical (unpaired) electrons. The zero-order valence-corrected chi connectivity index (χ0v) is 15.9. The Morgan fingerprint density at radius 2 is 1.92 bits per heavy atom. The van der Waals surface area contributed by atoms with Gasteiger partial charge in [0.05, 0.1) is 10.6 Å². The largest absolute Gasteiger partial charge is 0.298 e. The first-order chi connectivity index (χ1) is 12.5.